The van der Waals surface area contributed by atoms with Gasteiger partial charge in [0.25, 0.3) is 0 Å². The number of hydrogen-bond acceptors (Lipinski definition) is 3. The van der Waals surface area contributed by atoms with E-state index in [1.807, 2.05) is 25.6 Å². The maximum absolute atomic E-state index is 11.9. The Hall–Kier alpha value is -0.910. The molecule has 5 nitrogen and oxygen atoms in total. The third kappa shape index (κ3) is 6.18. The standard InChI is InChI=1S/C13H24N2O3S/c1-13(2,7-6-11(16)17)15-12(18)14-9-4-5-10(8-9)19-3/h9-10H,4-8H2,1-3H3,(H,16,17)(H2,14,15,18). The number of carbonyl (C=O) groups excluding carboxylic acids is 1. The van der Waals surface area contributed by atoms with Crippen LogP contribution in [0.4, 0.5) is 4.79 Å². The summed E-state index contributed by atoms with van der Waals surface area (Å²) in [7, 11) is 0. The van der Waals surface area contributed by atoms with Crippen molar-refractivity contribution >= 4 is 23.8 Å². The Morgan fingerprint density at radius 3 is 2.58 bits per heavy atom. The van der Waals surface area contributed by atoms with Crippen LogP contribution in [0.25, 0.3) is 0 Å². The van der Waals surface area contributed by atoms with Gasteiger partial charge in [-0.3, -0.25) is 4.79 Å². The van der Waals surface area contributed by atoms with E-state index in [4.69, 9.17) is 5.11 Å². The SMILES string of the molecule is CSC1CCC(NC(=O)NC(C)(C)CCC(=O)O)C1. The molecule has 6 heteroatoms. The molecule has 1 rings (SSSR count). The number of thioether (sulfide) groups is 1. The van der Waals surface area contributed by atoms with Gasteiger partial charge in [-0.25, -0.2) is 4.79 Å². The number of carbonyl (C=O) groups is 2. The number of aliphatic carboxylic acids is 1. The van der Waals surface area contributed by atoms with Crippen LogP contribution < -0.4 is 10.6 Å². The normalized spacial score (nSPS) is 23.1. The van der Waals surface area contributed by atoms with Crippen LogP contribution in [0.5, 0.6) is 0 Å². The summed E-state index contributed by atoms with van der Waals surface area (Å²) in [6.45, 7) is 3.68. The van der Waals surface area contributed by atoms with Gasteiger partial charge in [0.2, 0.25) is 0 Å². The van der Waals surface area contributed by atoms with Crippen LogP contribution in [-0.2, 0) is 4.79 Å². The smallest absolute Gasteiger partial charge is 0.315 e. The van der Waals surface area contributed by atoms with Crippen LogP contribution in [0.3, 0.4) is 0 Å². The van der Waals surface area contributed by atoms with Crippen molar-refractivity contribution < 1.29 is 14.7 Å². The first kappa shape index (κ1) is 16.1. The van der Waals surface area contributed by atoms with E-state index in [0.717, 1.165) is 19.3 Å². The molecule has 0 saturated heterocycles. The number of carboxylic acid groups (broad SMARTS) is 1. The summed E-state index contributed by atoms with van der Waals surface area (Å²) >= 11 is 1.85. The lowest BCUT2D eigenvalue weighted by Gasteiger charge is -2.26. The Morgan fingerprint density at radius 2 is 2.05 bits per heavy atom. The number of urea groups is 1. The average molecular weight is 288 g/mol. The molecule has 1 aliphatic carbocycles. The second-order valence-corrected chi connectivity index (χ2v) is 6.88. The van der Waals surface area contributed by atoms with Crippen LogP contribution in [0.2, 0.25) is 0 Å². The minimum Gasteiger partial charge on any atom is -0.481 e. The van der Waals surface area contributed by atoms with E-state index >= 15 is 0 Å². The van der Waals surface area contributed by atoms with Gasteiger partial charge >= 0.3 is 12.0 Å². The largest absolute Gasteiger partial charge is 0.481 e. The molecule has 0 aliphatic heterocycles. The van der Waals surface area contributed by atoms with Gasteiger partial charge in [-0.1, -0.05) is 0 Å². The van der Waals surface area contributed by atoms with E-state index in [1.54, 1.807) is 0 Å². The Morgan fingerprint density at radius 1 is 1.37 bits per heavy atom. The minimum atomic E-state index is -0.839. The average Bonchev–Trinajstić information content (AvgIpc) is 2.73. The first-order valence-electron chi connectivity index (χ1n) is 6.65. The van der Waals surface area contributed by atoms with Gasteiger partial charge in [0, 0.05) is 23.3 Å². The first-order valence-corrected chi connectivity index (χ1v) is 7.94. The number of carboxylic acids is 1. The fourth-order valence-electron chi connectivity index (χ4n) is 2.30. The van der Waals surface area contributed by atoms with Crippen molar-refractivity contribution in [3.63, 3.8) is 0 Å². The molecule has 1 saturated carbocycles. The minimum absolute atomic E-state index is 0.0608. The number of amides is 2. The Balaban J connectivity index is 2.32. The Bertz CT molecular complexity index is 334. The van der Waals surface area contributed by atoms with Gasteiger partial charge < -0.3 is 15.7 Å². The number of hydrogen-bond donors (Lipinski definition) is 3. The first-order chi connectivity index (χ1) is 8.82. The van der Waals surface area contributed by atoms with Gasteiger partial charge in [-0.05, 0) is 45.8 Å². The number of rotatable bonds is 6. The predicted molar refractivity (Wildman–Crippen MR) is 77.6 cm³/mol. The maximum Gasteiger partial charge on any atom is 0.315 e. The second kappa shape index (κ2) is 7.03. The molecule has 1 fully saturated rings. The molecular weight excluding hydrogens is 264 g/mol. The molecule has 2 unspecified atom stereocenters. The van der Waals surface area contributed by atoms with Crippen molar-refractivity contribution in [2.45, 2.75) is 62.8 Å². The summed E-state index contributed by atoms with van der Waals surface area (Å²) < 4.78 is 0. The van der Waals surface area contributed by atoms with E-state index in [-0.39, 0.29) is 18.5 Å². The summed E-state index contributed by atoms with van der Waals surface area (Å²) in [4.78, 5) is 22.4. The molecule has 0 aromatic heterocycles. The van der Waals surface area contributed by atoms with Crippen molar-refractivity contribution in [3.05, 3.63) is 0 Å². The summed E-state index contributed by atoms with van der Waals surface area (Å²) in [6.07, 6.45) is 5.77. The fraction of sp³-hybridized carbons (Fsp3) is 0.846. The monoisotopic (exact) mass is 288 g/mol. The van der Waals surface area contributed by atoms with Crippen molar-refractivity contribution in [1.29, 1.82) is 0 Å². The molecule has 110 valence electrons. The fourth-order valence-corrected chi connectivity index (χ4v) is 3.09. The maximum atomic E-state index is 11.9. The predicted octanol–water partition coefficient (Wildman–Crippen LogP) is 2.21. The molecule has 0 spiro atoms. The molecule has 3 N–H and O–H groups in total. The molecule has 19 heavy (non-hydrogen) atoms. The Kier molecular flexibility index (Phi) is 5.97. The van der Waals surface area contributed by atoms with Gasteiger partial charge in [0.1, 0.15) is 0 Å². The van der Waals surface area contributed by atoms with Gasteiger partial charge in [-0.2, -0.15) is 11.8 Å². The summed E-state index contributed by atoms with van der Waals surface area (Å²) in [5, 5.41) is 15.1. The summed E-state index contributed by atoms with van der Waals surface area (Å²) in [5.41, 5.74) is -0.500. The molecule has 1 aliphatic rings. The van der Waals surface area contributed by atoms with Gasteiger partial charge in [0.15, 0.2) is 0 Å². The lowest BCUT2D eigenvalue weighted by Crippen LogP contribution is -2.50. The molecule has 0 bridgehead atoms. The highest BCUT2D eigenvalue weighted by Gasteiger charge is 2.27. The number of nitrogens with one attached hydrogen (secondary N) is 2. The lowest BCUT2D eigenvalue weighted by molar-refractivity contribution is -0.137. The zero-order valence-electron chi connectivity index (χ0n) is 11.9. The lowest BCUT2D eigenvalue weighted by atomic mass is 9.99. The van der Waals surface area contributed by atoms with Crippen molar-refractivity contribution in [3.8, 4) is 0 Å². The molecule has 2 amide bonds. The molecule has 0 aromatic carbocycles. The third-order valence-corrected chi connectivity index (χ3v) is 4.56. The van der Waals surface area contributed by atoms with Crippen LogP contribution in [0, 0.1) is 0 Å². The van der Waals surface area contributed by atoms with Crippen LogP contribution in [0.1, 0.15) is 46.0 Å². The Labute approximate surface area is 118 Å². The zero-order valence-corrected chi connectivity index (χ0v) is 12.7. The molecule has 0 radical (unpaired) electrons. The van der Waals surface area contributed by atoms with E-state index < -0.39 is 11.5 Å². The highest BCUT2D eigenvalue weighted by molar-refractivity contribution is 7.99. The van der Waals surface area contributed by atoms with Crippen LogP contribution >= 0.6 is 11.8 Å². The van der Waals surface area contributed by atoms with Crippen LogP contribution in [-0.4, -0.2) is 40.2 Å². The van der Waals surface area contributed by atoms with Crippen molar-refractivity contribution in [2.24, 2.45) is 0 Å². The van der Waals surface area contributed by atoms with Crippen molar-refractivity contribution in [1.82, 2.24) is 10.6 Å². The highest BCUT2D eigenvalue weighted by Crippen LogP contribution is 2.28. The summed E-state index contributed by atoms with van der Waals surface area (Å²) in [6, 6.07) is 0.0508. The topological polar surface area (TPSA) is 78.4 Å². The van der Waals surface area contributed by atoms with Gasteiger partial charge in [0.05, 0.1) is 0 Å². The molecule has 0 aromatic rings. The van der Waals surface area contributed by atoms with E-state index in [2.05, 4.69) is 16.9 Å². The quantitative estimate of drug-likeness (QED) is 0.700. The second-order valence-electron chi connectivity index (χ2n) is 5.74. The zero-order chi connectivity index (χ0) is 14.5. The molecule has 2 atom stereocenters. The molecular formula is C13H24N2O3S. The van der Waals surface area contributed by atoms with Crippen LogP contribution in [0.15, 0.2) is 0 Å². The van der Waals surface area contributed by atoms with E-state index in [0.29, 0.717) is 11.7 Å². The third-order valence-electron chi connectivity index (χ3n) is 3.47. The van der Waals surface area contributed by atoms with Crippen molar-refractivity contribution in [2.75, 3.05) is 6.26 Å². The van der Waals surface area contributed by atoms with Gasteiger partial charge in [-0.15, -0.1) is 0 Å². The summed E-state index contributed by atoms with van der Waals surface area (Å²) in [5.74, 6) is -0.839. The van der Waals surface area contributed by atoms with E-state index in [1.165, 1.54) is 0 Å². The molecule has 0 heterocycles. The van der Waals surface area contributed by atoms with E-state index in [9.17, 15) is 9.59 Å². The highest BCUT2D eigenvalue weighted by atomic mass is 32.2.